The maximum absolute atomic E-state index is 13.0. The van der Waals surface area contributed by atoms with Crippen LogP contribution in [-0.2, 0) is 11.3 Å². The highest BCUT2D eigenvalue weighted by molar-refractivity contribution is 7.18. The summed E-state index contributed by atoms with van der Waals surface area (Å²) >= 11 is 1.36. The van der Waals surface area contributed by atoms with Gasteiger partial charge in [-0.25, -0.2) is 4.39 Å². The lowest BCUT2D eigenvalue weighted by Crippen LogP contribution is -2.37. The first-order valence-corrected chi connectivity index (χ1v) is 10.7. The number of hydrogen-bond donors (Lipinski definition) is 1. The van der Waals surface area contributed by atoms with Crippen molar-refractivity contribution in [2.45, 2.75) is 19.4 Å². The summed E-state index contributed by atoms with van der Waals surface area (Å²) in [5.74, 6) is 0.514. The van der Waals surface area contributed by atoms with Gasteiger partial charge >= 0.3 is 0 Å². The molecule has 0 atom stereocenters. The van der Waals surface area contributed by atoms with Crippen molar-refractivity contribution in [3.05, 3.63) is 59.9 Å². The SMILES string of the molecule is COc1ccc(-c2nnc(NC(=O)C3CCN(Cc4ccc(F)cc4)CC3)s2)cc1. The fraction of sp³-hybridized carbons (Fsp3) is 0.318. The molecule has 0 bridgehead atoms. The second-order valence-corrected chi connectivity index (χ2v) is 8.28. The van der Waals surface area contributed by atoms with E-state index in [9.17, 15) is 9.18 Å². The predicted octanol–water partition coefficient (Wildman–Crippen LogP) is 4.20. The number of carbonyl (C=O) groups excluding carboxylic acids is 1. The molecule has 1 aromatic heterocycles. The molecule has 6 nitrogen and oxygen atoms in total. The second kappa shape index (κ2) is 9.32. The van der Waals surface area contributed by atoms with E-state index in [0.717, 1.165) is 54.4 Å². The second-order valence-electron chi connectivity index (χ2n) is 7.31. The lowest BCUT2D eigenvalue weighted by molar-refractivity contribution is -0.121. The average Bonchev–Trinajstić information content (AvgIpc) is 3.24. The molecule has 0 saturated carbocycles. The molecular weight excluding hydrogens is 403 g/mol. The topological polar surface area (TPSA) is 67.4 Å². The van der Waals surface area contributed by atoms with Crippen molar-refractivity contribution in [3.8, 4) is 16.3 Å². The number of nitrogens with one attached hydrogen (secondary N) is 1. The quantitative estimate of drug-likeness (QED) is 0.640. The van der Waals surface area contributed by atoms with Crippen LogP contribution in [0.1, 0.15) is 18.4 Å². The van der Waals surface area contributed by atoms with Crippen LogP contribution in [0.25, 0.3) is 10.6 Å². The van der Waals surface area contributed by atoms with Crippen LogP contribution >= 0.6 is 11.3 Å². The maximum atomic E-state index is 13.0. The van der Waals surface area contributed by atoms with Gasteiger partial charge in [0.2, 0.25) is 11.0 Å². The van der Waals surface area contributed by atoms with E-state index in [2.05, 4.69) is 20.4 Å². The molecule has 3 aromatic rings. The van der Waals surface area contributed by atoms with Crippen LogP contribution in [0.15, 0.2) is 48.5 Å². The Labute approximate surface area is 178 Å². The van der Waals surface area contributed by atoms with Crippen LogP contribution < -0.4 is 10.1 Å². The average molecular weight is 427 g/mol. The molecule has 1 saturated heterocycles. The third kappa shape index (κ3) is 5.01. The van der Waals surface area contributed by atoms with Crippen molar-refractivity contribution in [3.63, 3.8) is 0 Å². The number of piperidine rings is 1. The van der Waals surface area contributed by atoms with Crippen molar-refractivity contribution < 1.29 is 13.9 Å². The van der Waals surface area contributed by atoms with Crippen LogP contribution in [0.4, 0.5) is 9.52 Å². The van der Waals surface area contributed by atoms with Gasteiger partial charge in [-0.3, -0.25) is 9.69 Å². The lowest BCUT2D eigenvalue weighted by atomic mass is 9.95. The number of nitrogens with zero attached hydrogens (tertiary/aromatic N) is 3. The number of halogens is 1. The van der Waals surface area contributed by atoms with Crippen molar-refractivity contribution in [2.75, 3.05) is 25.5 Å². The van der Waals surface area contributed by atoms with Gasteiger partial charge in [-0.1, -0.05) is 23.5 Å². The van der Waals surface area contributed by atoms with E-state index in [1.165, 1.54) is 23.5 Å². The number of hydrogen-bond acceptors (Lipinski definition) is 6. The number of ether oxygens (including phenoxy) is 1. The van der Waals surface area contributed by atoms with E-state index < -0.39 is 0 Å². The maximum Gasteiger partial charge on any atom is 0.229 e. The number of anilines is 1. The number of carbonyl (C=O) groups is 1. The number of benzene rings is 2. The Bertz CT molecular complexity index is 983. The van der Waals surface area contributed by atoms with Gasteiger partial charge in [-0.05, 0) is 67.9 Å². The van der Waals surface area contributed by atoms with Crippen molar-refractivity contribution in [2.24, 2.45) is 5.92 Å². The van der Waals surface area contributed by atoms with Gasteiger partial charge in [0.25, 0.3) is 0 Å². The van der Waals surface area contributed by atoms with Gasteiger partial charge in [0.1, 0.15) is 16.6 Å². The Morgan fingerprint density at radius 3 is 2.50 bits per heavy atom. The van der Waals surface area contributed by atoms with Crippen LogP contribution in [0.5, 0.6) is 5.75 Å². The van der Waals surface area contributed by atoms with Crippen molar-refractivity contribution in [1.29, 1.82) is 0 Å². The third-order valence-electron chi connectivity index (χ3n) is 5.27. The van der Waals surface area contributed by atoms with Crippen LogP contribution in [-0.4, -0.2) is 41.2 Å². The molecule has 2 heterocycles. The fourth-order valence-corrected chi connectivity index (χ4v) is 4.28. The molecule has 1 fully saturated rings. The Morgan fingerprint density at radius 2 is 1.83 bits per heavy atom. The first-order valence-electron chi connectivity index (χ1n) is 9.86. The van der Waals surface area contributed by atoms with E-state index in [4.69, 9.17) is 4.74 Å². The Morgan fingerprint density at radius 1 is 1.13 bits per heavy atom. The Balaban J connectivity index is 1.28. The molecule has 0 radical (unpaired) electrons. The van der Waals surface area contributed by atoms with Gasteiger partial charge in [0, 0.05) is 18.0 Å². The zero-order valence-corrected chi connectivity index (χ0v) is 17.5. The zero-order valence-electron chi connectivity index (χ0n) is 16.7. The van der Waals surface area contributed by atoms with E-state index in [1.807, 2.05) is 36.4 Å². The minimum atomic E-state index is -0.221. The monoisotopic (exact) mass is 426 g/mol. The van der Waals surface area contributed by atoms with E-state index in [1.54, 1.807) is 7.11 Å². The minimum absolute atomic E-state index is 0.00568. The fourth-order valence-electron chi connectivity index (χ4n) is 3.53. The summed E-state index contributed by atoms with van der Waals surface area (Å²) in [4.78, 5) is 14.9. The smallest absolute Gasteiger partial charge is 0.229 e. The summed E-state index contributed by atoms with van der Waals surface area (Å²) in [6, 6.07) is 14.2. The largest absolute Gasteiger partial charge is 0.497 e. The standard InChI is InChI=1S/C22H23FN4O2S/c1-29-19-8-4-17(5-9-19)21-25-26-22(30-21)24-20(28)16-10-12-27(13-11-16)14-15-2-6-18(23)7-3-15/h2-9,16H,10-14H2,1H3,(H,24,26,28). The molecule has 8 heteroatoms. The predicted molar refractivity (Wildman–Crippen MR) is 115 cm³/mol. The highest BCUT2D eigenvalue weighted by Gasteiger charge is 2.25. The van der Waals surface area contributed by atoms with Gasteiger partial charge in [0.15, 0.2) is 0 Å². The highest BCUT2D eigenvalue weighted by Crippen LogP contribution is 2.29. The number of likely N-dealkylation sites (tertiary alicyclic amines) is 1. The Hall–Kier alpha value is -2.84. The van der Waals surface area contributed by atoms with Gasteiger partial charge in [-0.15, -0.1) is 10.2 Å². The van der Waals surface area contributed by atoms with Crippen LogP contribution in [0.3, 0.4) is 0 Å². The van der Waals surface area contributed by atoms with Gasteiger partial charge < -0.3 is 10.1 Å². The van der Waals surface area contributed by atoms with Gasteiger partial charge in [0.05, 0.1) is 7.11 Å². The van der Waals surface area contributed by atoms with E-state index >= 15 is 0 Å². The summed E-state index contributed by atoms with van der Waals surface area (Å²) in [6.45, 7) is 2.45. The van der Waals surface area contributed by atoms with Gasteiger partial charge in [-0.2, -0.15) is 0 Å². The molecule has 1 N–H and O–H groups in total. The molecular formula is C22H23FN4O2S. The minimum Gasteiger partial charge on any atom is -0.497 e. The van der Waals surface area contributed by atoms with Crippen molar-refractivity contribution in [1.82, 2.24) is 15.1 Å². The molecule has 1 aliphatic rings. The summed E-state index contributed by atoms with van der Waals surface area (Å²) in [7, 11) is 1.63. The molecule has 1 amide bonds. The lowest BCUT2D eigenvalue weighted by Gasteiger charge is -2.31. The molecule has 1 aliphatic heterocycles. The summed E-state index contributed by atoms with van der Waals surface area (Å²) in [5, 5.41) is 12.5. The summed E-state index contributed by atoms with van der Waals surface area (Å²) < 4.78 is 18.2. The van der Waals surface area contributed by atoms with E-state index in [-0.39, 0.29) is 17.6 Å². The molecule has 0 spiro atoms. The number of amides is 1. The first kappa shape index (κ1) is 20.4. The summed E-state index contributed by atoms with van der Waals surface area (Å²) in [5.41, 5.74) is 2.02. The first-order chi connectivity index (χ1) is 14.6. The normalized spacial score (nSPS) is 15.1. The highest BCUT2D eigenvalue weighted by atomic mass is 32.1. The molecule has 156 valence electrons. The Kier molecular flexibility index (Phi) is 6.35. The van der Waals surface area contributed by atoms with Crippen LogP contribution in [0.2, 0.25) is 0 Å². The number of methoxy groups -OCH3 is 1. The molecule has 0 aliphatic carbocycles. The van der Waals surface area contributed by atoms with Crippen LogP contribution in [0, 0.1) is 11.7 Å². The van der Waals surface area contributed by atoms with E-state index in [0.29, 0.717) is 5.13 Å². The number of rotatable bonds is 6. The molecule has 2 aromatic carbocycles. The molecule has 4 rings (SSSR count). The molecule has 0 unspecified atom stereocenters. The third-order valence-corrected chi connectivity index (χ3v) is 6.16. The van der Waals surface area contributed by atoms with Crippen molar-refractivity contribution >= 4 is 22.4 Å². The molecule has 30 heavy (non-hydrogen) atoms. The summed E-state index contributed by atoms with van der Waals surface area (Å²) in [6.07, 6.45) is 1.58. The zero-order chi connectivity index (χ0) is 20.9. The number of aromatic nitrogens is 2.